The summed E-state index contributed by atoms with van der Waals surface area (Å²) in [6, 6.07) is 5.72. The third-order valence-electron chi connectivity index (χ3n) is 2.99. The molecule has 112 valence electrons. The maximum Gasteiger partial charge on any atom is 0.358 e. The van der Waals surface area contributed by atoms with E-state index in [-0.39, 0.29) is 0 Å². The molecule has 0 aliphatic carbocycles. The monoisotopic (exact) mass is 352 g/mol. The molecule has 0 saturated carbocycles. The number of hydrogen-bond donors (Lipinski definition) is 0. The Morgan fingerprint density at radius 1 is 1.38 bits per heavy atom. The topological polar surface area (TPSA) is 53.4 Å². The molecule has 0 atom stereocenters. The third-order valence-corrected chi connectivity index (χ3v) is 3.65. The van der Waals surface area contributed by atoms with Crippen molar-refractivity contribution in [2.24, 2.45) is 0 Å². The molecule has 0 spiro atoms. The molecule has 6 heteroatoms. The minimum absolute atomic E-state index is 0.315. The summed E-state index contributed by atoms with van der Waals surface area (Å²) in [7, 11) is 1.61. The Hall–Kier alpha value is -1.82. The highest BCUT2D eigenvalue weighted by atomic mass is 79.9. The summed E-state index contributed by atoms with van der Waals surface area (Å²) in [5.74, 6) is 1.11. The minimum atomic E-state index is -0.407. The fourth-order valence-corrected chi connectivity index (χ4v) is 2.40. The summed E-state index contributed by atoms with van der Waals surface area (Å²) >= 11 is 3.42. The zero-order chi connectivity index (χ0) is 15.4. The van der Waals surface area contributed by atoms with Crippen LogP contribution in [0.1, 0.15) is 30.2 Å². The molecule has 5 nitrogen and oxygen atoms in total. The molecule has 0 N–H and O–H groups in total. The fraction of sp³-hybridized carbons (Fsp3) is 0.333. The summed E-state index contributed by atoms with van der Waals surface area (Å²) < 4.78 is 13.0. The van der Waals surface area contributed by atoms with E-state index in [2.05, 4.69) is 20.9 Å². The lowest BCUT2D eigenvalue weighted by molar-refractivity contribution is 0.0520. The second-order valence-corrected chi connectivity index (χ2v) is 5.16. The standard InChI is InChI=1S/C15H17BrN2O3/c1-4-14-17-12(15(19)21-5-2)9-18(14)10-6-7-11(16)13(8-10)20-3/h6-9H,4-5H2,1-3H3. The molecule has 2 rings (SSSR count). The van der Waals surface area contributed by atoms with Gasteiger partial charge in [0, 0.05) is 18.7 Å². The third kappa shape index (κ3) is 3.26. The minimum Gasteiger partial charge on any atom is -0.495 e. The molecule has 0 aliphatic rings. The van der Waals surface area contributed by atoms with Crippen LogP contribution in [0.5, 0.6) is 5.75 Å². The van der Waals surface area contributed by atoms with E-state index < -0.39 is 5.97 Å². The average molecular weight is 353 g/mol. The molecule has 0 unspecified atom stereocenters. The smallest absolute Gasteiger partial charge is 0.358 e. The molecule has 2 aromatic rings. The lowest BCUT2D eigenvalue weighted by Gasteiger charge is -2.09. The lowest BCUT2D eigenvalue weighted by Crippen LogP contribution is -2.04. The number of hydrogen-bond acceptors (Lipinski definition) is 4. The molecule has 1 heterocycles. The van der Waals surface area contributed by atoms with Crippen LogP contribution in [-0.2, 0) is 11.2 Å². The largest absolute Gasteiger partial charge is 0.495 e. The number of rotatable bonds is 5. The van der Waals surface area contributed by atoms with E-state index >= 15 is 0 Å². The molecule has 1 aromatic heterocycles. The van der Waals surface area contributed by atoms with E-state index in [4.69, 9.17) is 9.47 Å². The Balaban J connectivity index is 2.45. The van der Waals surface area contributed by atoms with Gasteiger partial charge in [0.2, 0.25) is 0 Å². The van der Waals surface area contributed by atoms with E-state index in [1.165, 1.54) is 0 Å². The molecule has 21 heavy (non-hydrogen) atoms. The van der Waals surface area contributed by atoms with Crippen molar-refractivity contribution in [3.05, 3.63) is 40.4 Å². The molecule has 0 bridgehead atoms. The van der Waals surface area contributed by atoms with E-state index in [0.717, 1.165) is 21.7 Å². The summed E-state index contributed by atoms with van der Waals surface area (Å²) in [6.07, 6.45) is 2.40. The molecule has 1 aromatic carbocycles. The number of imidazole rings is 1. The molecular weight excluding hydrogens is 336 g/mol. The van der Waals surface area contributed by atoms with Crippen LogP contribution in [0.15, 0.2) is 28.9 Å². The zero-order valence-corrected chi connectivity index (χ0v) is 13.8. The predicted octanol–water partition coefficient (Wildman–Crippen LogP) is 3.38. The van der Waals surface area contributed by atoms with Crippen molar-refractivity contribution in [3.63, 3.8) is 0 Å². The number of benzene rings is 1. The van der Waals surface area contributed by atoms with Crippen molar-refractivity contribution in [2.45, 2.75) is 20.3 Å². The van der Waals surface area contributed by atoms with E-state index in [1.54, 1.807) is 20.2 Å². The van der Waals surface area contributed by atoms with Crippen molar-refractivity contribution in [1.82, 2.24) is 9.55 Å². The Kier molecular flexibility index (Phi) is 5.01. The van der Waals surface area contributed by atoms with Crippen LogP contribution >= 0.6 is 15.9 Å². The quantitative estimate of drug-likeness (QED) is 0.774. The van der Waals surface area contributed by atoms with Gasteiger partial charge in [0.25, 0.3) is 0 Å². The first kappa shape index (κ1) is 15.6. The Morgan fingerprint density at radius 2 is 2.14 bits per heavy atom. The summed E-state index contributed by atoms with van der Waals surface area (Å²) in [6.45, 7) is 4.10. The Labute approximate surface area is 132 Å². The van der Waals surface area contributed by atoms with Gasteiger partial charge >= 0.3 is 5.97 Å². The first-order chi connectivity index (χ1) is 10.1. The maximum absolute atomic E-state index is 11.8. The Bertz CT molecular complexity index is 652. The first-order valence-corrected chi connectivity index (χ1v) is 7.49. The van der Waals surface area contributed by atoms with Gasteiger partial charge in [-0.3, -0.25) is 0 Å². The van der Waals surface area contributed by atoms with E-state index in [1.807, 2.05) is 29.7 Å². The van der Waals surface area contributed by atoms with Gasteiger partial charge < -0.3 is 14.0 Å². The van der Waals surface area contributed by atoms with Crippen molar-refractivity contribution in [2.75, 3.05) is 13.7 Å². The van der Waals surface area contributed by atoms with E-state index in [9.17, 15) is 4.79 Å². The van der Waals surface area contributed by atoms with Gasteiger partial charge in [-0.25, -0.2) is 9.78 Å². The normalized spacial score (nSPS) is 10.5. The van der Waals surface area contributed by atoms with Crippen LogP contribution in [0.2, 0.25) is 0 Å². The van der Waals surface area contributed by atoms with Crippen LogP contribution in [-0.4, -0.2) is 29.2 Å². The van der Waals surface area contributed by atoms with Crippen LogP contribution in [0.25, 0.3) is 5.69 Å². The fourth-order valence-electron chi connectivity index (χ4n) is 1.99. The van der Waals surface area contributed by atoms with Crippen molar-refractivity contribution >= 4 is 21.9 Å². The van der Waals surface area contributed by atoms with Gasteiger partial charge in [-0.1, -0.05) is 6.92 Å². The highest BCUT2D eigenvalue weighted by Gasteiger charge is 2.16. The highest BCUT2D eigenvalue weighted by molar-refractivity contribution is 9.10. The lowest BCUT2D eigenvalue weighted by atomic mass is 10.3. The summed E-state index contributed by atoms with van der Waals surface area (Å²) in [5.41, 5.74) is 1.20. The number of nitrogens with zero attached hydrogens (tertiary/aromatic N) is 2. The number of carbonyl (C=O) groups excluding carboxylic acids is 1. The van der Waals surface area contributed by atoms with Gasteiger partial charge in [-0.2, -0.15) is 0 Å². The van der Waals surface area contributed by atoms with Gasteiger partial charge in [0.05, 0.1) is 23.9 Å². The number of halogens is 1. The maximum atomic E-state index is 11.8. The summed E-state index contributed by atoms with van der Waals surface area (Å²) in [4.78, 5) is 16.1. The number of esters is 1. The van der Waals surface area contributed by atoms with Gasteiger partial charge in [-0.15, -0.1) is 0 Å². The molecule has 0 radical (unpaired) electrons. The molecule has 0 amide bonds. The van der Waals surface area contributed by atoms with Crippen LogP contribution in [0.3, 0.4) is 0 Å². The molecule has 0 saturated heterocycles. The van der Waals surface area contributed by atoms with Crippen LogP contribution in [0, 0.1) is 0 Å². The van der Waals surface area contributed by atoms with Gasteiger partial charge in [0.15, 0.2) is 5.69 Å². The number of aromatic nitrogens is 2. The number of aryl methyl sites for hydroxylation is 1. The summed E-state index contributed by atoms with van der Waals surface area (Å²) in [5, 5.41) is 0. The average Bonchev–Trinajstić information content (AvgIpc) is 2.92. The van der Waals surface area contributed by atoms with Gasteiger partial charge in [0.1, 0.15) is 11.6 Å². The van der Waals surface area contributed by atoms with Crippen molar-refractivity contribution in [1.29, 1.82) is 0 Å². The molecule has 0 fully saturated rings. The van der Waals surface area contributed by atoms with Crippen molar-refractivity contribution in [3.8, 4) is 11.4 Å². The number of carbonyl (C=O) groups is 1. The van der Waals surface area contributed by atoms with Gasteiger partial charge in [-0.05, 0) is 35.0 Å². The van der Waals surface area contributed by atoms with E-state index in [0.29, 0.717) is 18.7 Å². The Morgan fingerprint density at radius 3 is 2.76 bits per heavy atom. The number of ether oxygens (including phenoxy) is 2. The SMILES string of the molecule is CCOC(=O)c1cn(-c2ccc(Br)c(OC)c2)c(CC)n1. The van der Waals surface area contributed by atoms with Crippen molar-refractivity contribution < 1.29 is 14.3 Å². The zero-order valence-electron chi connectivity index (χ0n) is 12.2. The van der Waals surface area contributed by atoms with Crippen LogP contribution in [0.4, 0.5) is 0 Å². The predicted molar refractivity (Wildman–Crippen MR) is 83.2 cm³/mol. The second kappa shape index (κ2) is 6.76. The van der Waals surface area contributed by atoms with Crippen LogP contribution < -0.4 is 4.74 Å². The second-order valence-electron chi connectivity index (χ2n) is 4.31. The number of methoxy groups -OCH3 is 1. The molecule has 0 aliphatic heterocycles. The first-order valence-electron chi connectivity index (χ1n) is 6.70. The molecular formula is C15H17BrN2O3. The highest BCUT2D eigenvalue weighted by Crippen LogP contribution is 2.28.